The monoisotopic (exact) mass is 1700 g/mol. The molecule has 5 aliphatic carbocycles. The van der Waals surface area contributed by atoms with Gasteiger partial charge in [-0.15, -0.1) is 26.3 Å². The van der Waals surface area contributed by atoms with E-state index >= 15 is 0 Å². The van der Waals surface area contributed by atoms with Crippen molar-refractivity contribution in [3.05, 3.63) is 121 Å². The number of nitrogens with zero attached hydrogens (tertiary/aromatic N) is 2. The molecule has 13 rings (SSSR count). The Balaban J connectivity index is 0.000000202. The minimum absolute atomic E-state index is 0.0295. The molecular formula is C93H128N6O19S2. The smallest absolute Gasteiger partial charge is 0.328 e. The van der Waals surface area contributed by atoms with Crippen molar-refractivity contribution in [2.45, 2.75) is 303 Å². The lowest BCUT2D eigenvalue weighted by molar-refractivity contribution is -0.160. The number of carbonyl (C=O) groups excluding carboxylic acids is 8. The molecule has 120 heavy (non-hydrogen) atoms. The highest BCUT2D eigenvalue weighted by Gasteiger charge is 2.64. The molecule has 25 nitrogen and oxygen atoms in total. The molecule has 0 radical (unpaired) electrons. The maximum Gasteiger partial charge on any atom is 0.328 e. The van der Waals surface area contributed by atoms with Crippen LogP contribution in [0.3, 0.4) is 0 Å². The summed E-state index contributed by atoms with van der Waals surface area (Å²) >= 11 is 0. The van der Waals surface area contributed by atoms with Crippen molar-refractivity contribution < 1.29 is 88.3 Å². The van der Waals surface area contributed by atoms with Gasteiger partial charge in [-0.2, -0.15) is 0 Å². The number of amides is 5. The molecule has 0 bridgehead atoms. The lowest BCUT2D eigenvalue weighted by Crippen LogP contribution is -2.58. The fraction of sp³-hybridized carbons (Fsp3) is 0.613. The van der Waals surface area contributed by atoms with Crippen LogP contribution in [-0.2, 0) is 85.5 Å². The van der Waals surface area contributed by atoms with Gasteiger partial charge in [0.1, 0.15) is 68.6 Å². The van der Waals surface area contributed by atoms with Crippen LogP contribution < -0.4 is 39.4 Å². The van der Waals surface area contributed by atoms with Gasteiger partial charge in [-0.05, 0) is 266 Å². The first-order valence-electron chi connectivity index (χ1n) is 42.9. The van der Waals surface area contributed by atoms with Crippen molar-refractivity contribution in [2.75, 3.05) is 34.4 Å². The molecule has 5 N–H and O–H groups in total. The number of methoxy groups -OCH3 is 3. The number of unbranched alkanes of at least 4 members (excludes halogenated alkanes) is 6. The largest absolute Gasteiger partial charge is 0.497 e. The summed E-state index contributed by atoms with van der Waals surface area (Å²) in [5, 5.41) is 7.34. The quantitative estimate of drug-likeness (QED) is 0.0153. The minimum atomic E-state index is -4.11. The predicted molar refractivity (Wildman–Crippen MR) is 461 cm³/mol. The van der Waals surface area contributed by atoms with Crippen LogP contribution in [0.4, 0.5) is 0 Å². The van der Waals surface area contributed by atoms with Gasteiger partial charge in [0.2, 0.25) is 37.8 Å². The molecule has 0 unspecified atom stereocenters. The number of aryl methyl sites for hydroxylation is 2. The maximum absolute atomic E-state index is 15.0. The predicted octanol–water partition coefficient (Wildman–Crippen LogP) is 14.1. The standard InChI is InChI=1S/C46H63N3O9S.C37H49NO7.C10H16N2O3S/c1-10-12-13-14-15-16-31(24-38(50)57-43(3,4)5)41(52)49-28-45(22-21-34-35-25-33(56-9)20-19-30(35)23-36(29-17-18-29)39(34)58-45)27-37(49)40(51)47-46(26-32(46)11-2)42(53)48-59(54,55)44(6,7)8;1-7-8-9-10-11-12-26(20-32(39)44-36(2,3)4)34(40)38-23-37(22-31(38)35(41)43-6)18-17-28-29-21-27(42-5)16-15-25(29)19-30(24-13-14-24)33(28)45-37;1-3-7-6-10(7,11)8(13)12-16(14,15)9(2)4-5-9/h10-11,19-20,23,25,29,31-32,37H,1-2,12-18,21-22,24,26-28H2,3-9H3,(H,47,51)(H,48,53);7,15-16,19,21,24,26,31H,1,8-14,17-18,20,22-23H2,2-6H3;3,7H,1,4-6,11H2,2H3,(H,12,13)/t31-,32-,37+,45-,46-;26-,31+,37-;7-,10-/m111/s1. The van der Waals surface area contributed by atoms with Crippen LogP contribution in [0.2, 0.25) is 0 Å². The molecule has 4 aromatic rings. The third-order valence-corrected chi connectivity index (χ3v) is 29.5. The number of hydrogen-bond acceptors (Lipinski definition) is 20. The van der Waals surface area contributed by atoms with Gasteiger partial charge in [-0.3, -0.25) is 43.0 Å². The second kappa shape index (κ2) is 35.9. The number of benzene rings is 4. The van der Waals surface area contributed by atoms with Crippen LogP contribution >= 0.6 is 0 Å². The van der Waals surface area contributed by atoms with E-state index in [9.17, 15) is 55.2 Å². The number of likely N-dealkylation sites (tertiary alicyclic amines) is 2. The summed E-state index contributed by atoms with van der Waals surface area (Å²) < 4.78 is 93.8. The fourth-order valence-electron chi connectivity index (χ4n) is 17.3. The molecular weight excluding hydrogens is 1570 g/mol. The van der Waals surface area contributed by atoms with Crippen molar-refractivity contribution in [3.63, 3.8) is 0 Å². The van der Waals surface area contributed by atoms with E-state index in [1.807, 2.05) is 51.1 Å². The molecule has 5 amide bonds. The van der Waals surface area contributed by atoms with Crippen LogP contribution in [0.15, 0.2) is 99.2 Å². The van der Waals surface area contributed by atoms with Crippen molar-refractivity contribution in [2.24, 2.45) is 29.4 Å². The van der Waals surface area contributed by atoms with Crippen molar-refractivity contribution >= 4 is 89.0 Å². The molecule has 5 saturated carbocycles. The molecule has 7 fully saturated rings. The Morgan fingerprint density at radius 2 is 1.02 bits per heavy atom. The number of carbonyl (C=O) groups is 8. The number of rotatable bonds is 32. The van der Waals surface area contributed by atoms with Gasteiger partial charge >= 0.3 is 17.9 Å². The van der Waals surface area contributed by atoms with Crippen molar-refractivity contribution in [3.8, 4) is 23.0 Å². The second-order valence-electron chi connectivity index (χ2n) is 38.1. The van der Waals surface area contributed by atoms with Crippen LogP contribution in [0.1, 0.15) is 257 Å². The zero-order valence-corrected chi connectivity index (χ0v) is 74.4. The summed E-state index contributed by atoms with van der Waals surface area (Å²) in [6.07, 6.45) is 23.7. The Kier molecular flexibility index (Phi) is 27.5. The van der Waals surface area contributed by atoms with Crippen molar-refractivity contribution in [1.29, 1.82) is 0 Å². The lowest BCUT2D eigenvalue weighted by Gasteiger charge is -2.37. The van der Waals surface area contributed by atoms with E-state index in [0.717, 1.165) is 127 Å². The third kappa shape index (κ3) is 20.9. The molecule has 10 atom stereocenters. The molecule has 27 heteroatoms. The molecule has 9 aliphatic rings. The molecule has 656 valence electrons. The summed E-state index contributed by atoms with van der Waals surface area (Å²) in [5.41, 5.74) is 4.61. The first-order valence-corrected chi connectivity index (χ1v) is 45.8. The molecule has 4 aliphatic heterocycles. The number of nitrogens with two attached hydrogens (primary N) is 1. The summed E-state index contributed by atoms with van der Waals surface area (Å²) in [5.74, 6) is -1.98. The highest BCUT2D eigenvalue weighted by Crippen LogP contribution is 2.56. The minimum Gasteiger partial charge on any atom is -0.497 e. The van der Waals surface area contributed by atoms with Gasteiger partial charge in [-0.1, -0.05) is 62.1 Å². The highest BCUT2D eigenvalue weighted by atomic mass is 32.2. The third-order valence-electron chi connectivity index (χ3n) is 25.3. The average molecular weight is 1700 g/mol. The Morgan fingerprint density at radius 3 is 1.41 bits per heavy atom. The van der Waals surface area contributed by atoms with Gasteiger partial charge in [0.25, 0.3) is 11.8 Å². The van der Waals surface area contributed by atoms with Gasteiger partial charge < -0.3 is 54.0 Å². The number of hydrogen-bond donors (Lipinski definition) is 4. The van der Waals surface area contributed by atoms with E-state index in [2.05, 4.69) is 71.4 Å². The van der Waals surface area contributed by atoms with E-state index in [4.69, 9.17) is 38.9 Å². The van der Waals surface area contributed by atoms with E-state index in [0.29, 0.717) is 76.0 Å². The van der Waals surface area contributed by atoms with E-state index in [1.54, 1.807) is 57.8 Å². The van der Waals surface area contributed by atoms with Crippen LogP contribution in [0.5, 0.6) is 23.0 Å². The van der Waals surface area contributed by atoms with Gasteiger partial charge in [0, 0.05) is 47.6 Å². The molecule has 4 heterocycles. The molecule has 2 spiro atoms. The average Bonchev–Trinajstić information content (AvgIpc) is 1.64. The van der Waals surface area contributed by atoms with Crippen LogP contribution in [0.25, 0.3) is 21.5 Å². The number of nitrogens with one attached hydrogen (secondary N) is 3. The first kappa shape index (κ1) is 91.9. The van der Waals surface area contributed by atoms with Crippen LogP contribution in [-0.4, -0.2) is 164 Å². The summed E-state index contributed by atoms with van der Waals surface area (Å²) in [6, 6.07) is 14.8. The number of esters is 3. The first-order chi connectivity index (χ1) is 56.4. The van der Waals surface area contributed by atoms with Gasteiger partial charge in [0.15, 0.2) is 0 Å². The zero-order chi connectivity index (χ0) is 87.7. The summed E-state index contributed by atoms with van der Waals surface area (Å²) in [6.45, 7) is 32.2. The number of sulfonamides is 2. The summed E-state index contributed by atoms with van der Waals surface area (Å²) in [4.78, 5) is 112. The topological polar surface area (TPSA) is 338 Å². The van der Waals surface area contributed by atoms with E-state index in [1.165, 1.54) is 50.5 Å². The molecule has 2 saturated heterocycles. The molecule has 4 aromatic carbocycles. The number of ether oxygens (including phenoxy) is 7. The number of allylic oxidation sites excluding steroid dienone is 2. The lowest BCUT2D eigenvalue weighted by atomic mass is 9.85. The number of fused-ring (bicyclic) bond motifs is 6. The highest BCUT2D eigenvalue weighted by molar-refractivity contribution is 7.91. The Morgan fingerprint density at radius 1 is 0.575 bits per heavy atom. The normalized spacial score (nSPS) is 24.8. The van der Waals surface area contributed by atoms with Crippen LogP contribution in [0, 0.1) is 23.7 Å². The van der Waals surface area contributed by atoms with E-state index in [-0.39, 0.29) is 56.5 Å². The Bertz CT molecular complexity index is 4870. The second-order valence-corrected chi connectivity index (χ2v) is 42.7. The molecule has 0 aromatic heterocycles. The summed E-state index contributed by atoms with van der Waals surface area (Å²) in [7, 11) is -3.01. The zero-order valence-electron chi connectivity index (χ0n) is 72.7. The Labute approximate surface area is 709 Å². The van der Waals surface area contributed by atoms with Gasteiger partial charge in [-0.25, -0.2) is 21.6 Å². The SMILES string of the molecule is C=CCCCCC[C@H](CC(=O)OC(C)(C)C)C(=O)N1C[C@@]2(CCc3c(c(C4CC4)cc4ccc(OC)cc34)O2)C[C@H]1C(=O)N[C@]1(C(=O)NS(=O)(=O)C(C)(C)C)C[C@H]1C=C.C=CCCCCC[C@H](CC(=O)OC(C)(C)C)C(=O)N1C[C@@]2(CCc3c(c(C4CC4)cc4ccc(OC)cc34)O2)C[C@H]1C(=O)OC.C=C[C@@H]1C[C@]1(N)C(=O)NS(=O)(=O)C1(C)CC1. The van der Waals surface area contributed by atoms with Gasteiger partial charge in [0.05, 0.1) is 56.8 Å². The fourth-order valence-corrected chi connectivity index (χ4v) is 19.4. The maximum atomic E-state index is 15.0. The van der Waals surface area contributed by atoms with Crippen molar-refractivity contribution in [1.82, 2.24) is 24.6 Å². The Hall–Kier alpha value is -8.82. The van der Waals surface area contributed by atoms with E-state index < -0.39 is 128 Å².